The van der Waals surface area contributed by atoms with Gasteiger partial charge in [0.15, 0.2) is 11.4 Å². The lowest BCUT2D eigenvalue weighted by atomic mass is 10.3. The number of ether oxygens (including phenoxy) is 2. The maximum Gasteiger partial charge on any atom is 0.242 e. The summed E-state index contributed by atoms with van der Waals surface area (Å²) in [5.41, 5.74) is 1.02. The average molecular weight is 218 g/mol. The molecule has 0 saturated carbocycles. The Morgan fingerprint density at radius 2 is 1.06 bits per heavy atom. The lowest BCUT2D eigenvalue weighted by Crippen LogP contribution is -1.99. The van der Waals surface area contributed by atoms with Crippen molar-refractivity contribution in [3.8, 4) is 23.1 Å². The SMILES string of the molecule is COc1nccnc1-c1nccnc1OC. The van der Waals surface area contributed by atoms with Gasteiger partial charge in [-0.05, 0) is 0 Å². The van der Waals surface area contributed by atoms with E-state index in [-0.39, 0.29) is 0 Å². The molecule has 2 aromatic heterocycles. The molecule has 0 amide bonds. The van der Waals surface area contributed by atoms with Crippen molar-refractivity contribution >= 4 is 0 Å². The molecule has 2 rings (SSSR count). The summed E-state index contributed by atoms with van der Waals surface area (Å²) in [4.78, 5) is 16.4. The number of nitrogens with zero attached hydrogens (tertiary/aromatic N) is 4. The van der Waals surface area contributed by atoms with E-state index in [1.54, 1.807) is 24.8 Å². The molecule has 0 aromatic carbocycles. The zero-order valence-electron chi connectivity index (χ0n) is 8.91. The molecule has 0 aliphatic carbocycles. The summed E-state index contributed by atoms with van der Waals surface area (Å²) in [6, 6.07) is 0. The highest BCUT2D eigenvalue weighted by atomic mass is 16.5. The minimum absolute atomic E-state index is 0.390. The fourth-order valence-electron chi connectivity index (χ4n) is 1.27. The molecular weight excluding hydrogens is 208 g/mol. The Labute approximate surface area is 92.3 Å². The van der Waals surface area contributed by atoms with Crippen molar-refractivity contribution in [1.29, 1.82) is 0 Å². The molecule has 0 unspecified atom stereocenters. The Morgan fingerprint density at radius 3 is 1.44 bits per heavy atom. The lowest BCUT2D eigenvalue weighted by molar-refractivity contribution is 0.390. The van der Waals surface area contributed by atoms with Crippen LogP contribution < -0.4 is 9.47 Å². The predicted octanol–water partition coefficient (Wildman–Crippen LogP) is 0.951. The van der Waals surface area contributed by atoms with Crippen LogP contribution in [0.5, 0.6) is 11.8 Å². The zero-order chi connectivity index (χ0) is 11.4. The Kier molecular flexibility index (Phi) is 2.90. The van der Waals surface area contributed by atoms with Gasteiger partial charge in [-0.2, -0.15) is 0 Å². The van der Waals surface area contributed by atoms with Crippen LogP contribution in [-0.2, 0) is 0 Å². The summed E-state index contributed by atoms with van der Waals surface area (Å²) in [7, 11) is 3.05. The Hall–Kier alpha value is -2.24. The molecule has 0 N–H and O–H groups in total. The Morgan fingerprint density at radius 1 is 0.688 bits per heavy atom. The molecule has 0 radical (unpaired) electrons. The van der Waals surface area contributed by atoms with Crippen LogP contribution >= 0.6 is 0 Å². The number of hydrogen-bond donors (Lipinski definition) is 0. The van der Waals surface area contributed by atoms with Crippen molar-refractivity contribution in [2.45, 2.75) is 0 Å². The summed E-state index contributed by atoms with van der Waals surface area (Å²) in [5, 5.41) is 0. The van der Waals surface area contributed by atoms with Crippen molar-refractivity contribution in [2.75, 3.05) is 14.2 Å². The van der Waals surface area contributed by atoms with Crippen molar-refractivity contribution in [1.82, 2.24) is 19.9 Å². The van der Waals surface area contributed by atoms with Gasteiger partial charge in [-0.15, -0.1) is 0 Å². The topological polar surface area (TPSA) is 70.0 Å². The van der Waals surface area contributed by atoms with Gasteiger partial charge in [0, 0.05) is 24.8 Å². The fraction of sp³-hybridized carbons (Fsp3) is 0.200. The number of hydrogen-bond acceptors (Lipinski definition) is 6. The third kappa shape index (κ3) is 1.77. The molecule has 6 nitrogen and oxygen atoms in total. The summed E-state index contributed by atoms with van der Waals surface area (Å²) < 4.78 is 10.2. The average Bonchev–Trinajstić information content (AvgIpc) is 2.38. The maximum absolute atomic E-state index is 5.10. The van der Waals surface area contributed by atoms with Gasteiger partial charge in [0.1, 0.15) is 0 Å². The molecule has 0 aliphatic rings. The minimum Gasteiger partial charge on any atom is -0.479 e. The van der Waals surface area contributed by atoms with Gasteiger partial charge in [0.05, 0.1) is 14.2 Å². The molecular formula is C10H10N4O2. The molecule has 82 valence electrons. The highest BCUT2D eigenvalue weighted by Gasteiger charge is 2.15. The van der Waals surface area contributed by atoms with E-state index >= 15 is 0 Å². The molecule has 2 aromatic rings. The highest BCUT2D eigenvalue weighted by molar-refractivity contribution is 5.64. The monoisotopic (exact) mass is 218 g/mol. The smallest absolute Gasteiger partial charge is 0.242 e. The van der Waals surface area contributed by atoms with Gasteiger partial charge >= 0.3 is 0 Å². The van der Waals surface area contributed by atoms with Gasteiger partial charge < -0.3 is 9.47 Å². The first-order valence-electron chi connectivity index (χ1n) is 4.57. The molecule has 0 aliphatic heterocycles. The summed E-state index contributed by atoms with van der Waals surface area (Å²) in [5.74, 6) is 0.780. The van der Waals surface area contributed by atoms with Crippen LogP contribution in [-0.4, -0.2) is 34.2 Å². The molecule has 0 saturated heterocycles. The summed E-state index contributed by atoms with van der Waals surface area (Å²) in [6.07, 6.45) is 6.22. The first-order chi connectivity index (χ1) is 7.86. The first kappa shape index (κ1) is 10.3. The molecule has 0 fully saturated rings. The van der Waals surface area contributed by atoms with Crippen LogP contribution in [0.4, 0.5) is 0 Å². The van der Waals surface area contributed by atoms with Crippen LogP contribution in [0.2, 0.25) is 0 Å². The maximum atomic E-state index is 5.10. The minimum atomic E-state index is 0.390. The molecule has 6 heteroatoms. The molecule has 2 heterocycles. The number of rotatable bonds is 3. The zero-order valence-corrected chi connectivity index (χ0v) is 8.91. The van der Waals surface area contributed by atoms with Crippen molar-refractivity contribution in [2.24, 2.45) is 0 Å². The Balaban J connectivity index is 2.58. The second kappa shape index (κ2) is 4.52. The largest absolute Gasteiger partial charge is 0.479 e. The van der Waals surface area contributed by atoms with E-state index in [9.17, 15) is 0 Å². The molecule has 0 spiro atoms. The fourth-order valence-corrected chi connectivity index (χ4v) is 1.27. The number of aromatic nitrogens is 4. The molecule has 16 heavy (non-hydrogen) atoms. The van der Waals surface area contributed by atoms with E-state index in [0.29, 0.717) is 23.1 Å². The third-order valence-corrected chi connectivity index (χ3v) is 1.94. The van der Waals surface area contributed by atoms with Gasteiger partial charge in [-0.25, -0.2) is 19.9 Å². The van der Waals surface area contributed by atoms with E-state index in [4.69, 9.17) is 9.47 Å². The van der Waals surface area contributed by atoms with Crippen LogP contribution in [0.15, 0.2) is 24.8 Å². The van der Waals surface area contributed by atoms with Crippen LogP contribution in [0.25, 0.3) is 11.4 Å². The molecule has 0 atom stereocenters. The summed E-state index contributed by atoms with van der Waals surface area (Å²) >= 11 is 0. The third-order valence-electron chi connectivity index (χ3n) is 1.94. The lowest BCUT2D eigenvalue weighted by Gasteiger charge is -2.07. The summed E-state index contributed by atoms with van der Waals surface area (Å²) in [6.45, 7) is 0. The highest BCUT2D eigenvalue weighted by Crippen LogP contribution is 2.28. The van der Waals surface area contributed by atoms with Gasteiger partial charge in [0.25, 0.3) is 0 Å². The van der Waals surface area contributed by atoms with E-state index in [1.807, 2.05) is 0 Å². The predicted molar refractivity (Wildman–Crippen MR) is 56.2 cm³/mol. The second-order valence-electron chi connectivity index (χ2n) is 2.83. The van der Waals surface area contributed by atoms with E-state index in [1.165, 1.54) is 14.2 Å². The normalized spacial score (nSPS) is 9.88. The van der Waals surface area contributed by atoms with E-state index in [2.05, 4.69) is 19.9 Å². The van der Waals surface area contributed by atoms with Gasteiger partial charge in [-0.3, -0.25) is 0 Å². The Bertz CT molecular complexity index is 444. The first-order valence-corrected chi connectivity index (χ1v) is 4.57. The van der Waals surface area contributed by atoms with Crippen LogP contribution in [0.1, 0.15) is 0 Å². The van der Waals surface area contributed by atoms with E-state index < -0.39 is 0 Å². The number of methoxy groups -OCH3 is 2. The molecule has 0 bridgehead atoms. The quantitative estimate of drug-likeness (QED) is 0.763. The standard InChI is InChI=1S/C10H10N4O2/c1-15-9-7(11-3-5-13-9)8-10(16-2)14-6-4-12-8/h3-6H,1-2H3. The van der Waals surface area contributed by atoms with E-state index in [0.717, 1.165) is 0 Å². The van der Waals surface area contributed by atoms with Crippen LogP contribution in [0.3, 0.4) is 0 Å². The van der Waals surface area contributed by atoms with Gasteiger partial charge in [0.2, 0.25) is 11.8 Å². The second-order valence-corrected chi connectivity index (χ2v) is 2.83. The van der Waals surface area contributed by atoms with Crippen molar-refractivity contribution < 1.29 is 9.47 Å². The van der Waals surface area contributed by atoms with Crippen molar-refractivity contribution in [3.05, 3.63) is 24.8 Å². The van der Waals surface area contributed by atoms with Gasteiger partial charge in [-0.1, -0.05) is 0 Å². The van der Waals surface area contributed by atoms with Crippen molar-refractivity contribution in [3.63, 3.8) is 0 Å². The van der Waals surface area contributed by atoms with Crippen LogP contribution in [0, 0.1) is 0 Å².